The summed E-state index contributed by atoms with van der Waals surface area (Å²) < 4.78 is 12.7. The van der Waals surface area contributed by atoms with Crippen molar-refractivity contribution in [2.45, 2.75) is 19.4 Å². The molecule has 2 atom stereocenters. The van der Waals surface area contributed by atoms with Crippen LogP contribution in [0.3, 0.4) is 0 Å². The van der Waals surface area contributed by atoms with Crippen LogP contribution in [0.2, 0.25) is 0 Å². The highest BCUT2D eigenvalue weighted by Crippen LogP contribution is 2.14. The molecule has 1 amide bonds. The molecule has 1 aliphatic rings. The fourth-order valence-corrected chi connectivity index (χ4v) is 1.80. The van der Waals surface area contributed by atoms with Crippen LogP contribution in [0.15, 0.2) is 30.3 Å². The molecule has 0 aromatic heterocycles. The van der Waals surface area contributed by atoms with Crippen LogP contribution in [-0.4, -0.2) is 11.9 Å². The van der Waals surface area contributed by atoms with Gasteiger partial charge in [0.05, 0.1) is 0 Å². The quantitative estimate of drug-likeness (QED) is 0.820. The van der Waals surface area contributed by atoms with Gasteiger partial charge in [0.25, 0.3) is 0 Å². The van der Waals surface area contributed by atoms with E-state index in [-0.39, 0.29) is 23.7 Å². The topological polar surface area (TPSA) is 41.1 Å². The number of rotatable bonds is 2. The van der Waals surface area contributed by atoms with Crippen LogP contribution in [0.25, 0.3) is 6.08 Å². The van der Waals surface area contributed by atoms with Gasteiger partial charge < -0.3 is 0 Å². The number of hydrogen-bond acceptors (Lipinski definition) is 2. The molecule has 1 fully saturated rings. The molecule has 0 bridgehead atoms. The summed E-state index contributed by atoms with van der Waals surface area (Å²) in [7, 11) is 0. The summed E-state index contributed by atoms with van der Waals surface area (Å²) in [6.45, 7) is 2.02. The summed E-state index contributed by atoms with van der Waals surface area (Å²) >= 11 is 0. The van der Waals surface area contributed by atoms with Crippen molar-refractivity contribution in [2.24, 2.45) is 5.92 Å². The number of nitrogens with one attached hydrogen (secondary N) is 2. The van der Waals surface area contributed by atoms with Crippen LogP contribution < -0.4 is 10.9 Å². The lowest BCUT2D eigenvalue weighted by molar-refractivity contribution is -0.125. The molecular weight excluding hydrogens is 219 g/mol. The summed E-state index contributed by atoms with van der Waals surface area (Å²) in [5.41, 5.74) is 6.49. The molecule has 4 heteroatoms. The lowest BCUT2D eigenvalue weighted by atomic mass is 9.96. The minimum Gasteiger partial charge on any atom is -0.291 e. The molecule has 1 aromatic rings. The van der Waals surface area contributed by atoms with E-state index in [2.05, 4.69) is 10.9 Å². The maximum Gasteiger partial charge on any atom is 0.234 e. The Labute approximate surface area is 99.7 Å². The van der Waals surface area contributed by atoms with Gasteiger partial charge in [-0.25, -0.2) is 9.82 Å². The van der Waals surface area contributed by atoms with E-state index in [0.29, 0.717) is 6.42 Å². The monoisotopic (exact) mass is 234 g/mol. The minimum absolute atomic E-state index is 0.0175. The molecule has 17 heavy (non-hydrogen) atoms. The third-order valence-electron chi connectivity index (χ3n) is 2.86. The van der Waals surface area contributed by atoms with Gasteiger partial charge in [0.1, 0.15) is 5.82 Å². The van der Waals surface area contributed by atoms with E-state index in [0.717, 1.165) is 5.56 Å². The van der Waals surface area contributed by atoms with E-state index < -0.39 is 0 Å². The van der Waals surface area contributed by atoms with Crippen LogP contribution in [0.5, 0.6) is 0 Å². The summed E-state index contributed by atoms with van der Waals surface area (Å²) in [4.78, 5) is 11.1. The first kappa shape index (κ1) is 11.8. The molecule has 90 valence electrons. The van der Waals surface area contributed by atoms with Crippen molar-refractivity contribution in [1.29, 1.82) is 0 Å². The molecule has 3 nitrogen and oxygen atoms in total. The lowest BCUT2D eigenvalue weighted by Gasteiger charge is -2.27. The van der Waals surface area contributed by atoms with Gasteiger partial charge in [-0.05, 0) is 23.6 Å². The lowest BCUT2D eigenvalue weighted by Crippen LogP contribution is -2.52. The molecule has 0 aliphatic carbocycles. The number of carbonyl (C=O) groups excluding carboxylic acids is 1. The SMILES string of the molecule is CC1CC(=O)NNC1/C=C/c1ccc(F)cc1. The minimum atomic E-state index is -0.237. The Morgan fingerprint density at radius 2 is 2.06 bits per heavy atom. The average Bonchev–Trinajstić information content (AvgIpc) is 2.30. The molecule has 1 heterocycles. The Morgan fingerprint density at radius 3 is 2.71 bits per heavy atom. The molecule has 2 rings (SSSR count). The van der Waals surface area contributed by atoms with Crippen LogP contribution in [0.1, 0.15) is 18.9 Å². The average molecular weight is 234 g/mol. The van der Waals surface area contributed by atoms with Crippen LogP contribution in [0, 0.1) is 11.7 Å². The summed E-state index contributed by atoms with van der Waals surface area (Å²) in [5, 5.41) is 0. The van der Waals surface area contributed by atoms with Gasteiger partial charge in [0, 0.05) is 12.5 Å². The second-order valence-corrected chi connectivity index (χ2v) is 4.31. The maximum absolute atomic E-state index is 12.7. The third-order valence-corrected chi connectivity index (χ3v) is 2.86. The highest BCUT2D eigenvalue weighted by molar-refractivity contribution is 5.76. The van der Waals surface area contributed by atoms with Crippen LogP contribution in [0.4, 0.5) is 4.39 Å². The van der Waals surface area contributed by atoms with Gasteiger partial charge in [-0.15, -0.1) is 0 Å². The Balaban J connectivity index is 2.00. The van der Waals surface area contributed by atoms with Crippen molar-refractivity contribution < 1.29 is 9.18 Å². The molecule has 2 N–H and O–H groups in total. The number of halogens is 1. The van der Waals surface area contributed by atoms with Crippen molar-refractivity contribution >= 4 is 12.0 Å². The van der Waals surface area contributed by atoms with E-state index in [1.54, 1.807) is 12.1 Å². The third kappa shape index (κ3) is 3.14. The zero-order valence-electron chi connectivity index (χ0n) is 9.61. The summed E-state index contributed by atoms with van der Waals surface area (Å²) in [6.07, 6.45) is 4.42. The zero-order chi connectivity index (χ0) is 12.3. The molecule has 0 radical (unpaired) electrons. The zero-order valence-corrected chi connectivity index (χ0v) is 9.61. The highest BCUT2D eigenvalue weighted by atomic mass is 19.1. The second kappa shape index (κ2) is 5.10. The van der Waals surface area contributed by atoms with E-state index in [1.807, 2.05) is 19.1 Å². The van der Waals surface area contributed by atoms with Crippen molar-refractivity contribution in [3.63, 3.8) is 0 Å². The van der Waals surface area contributed by atoms with Crippen LogP contribution in [-0.2, 0) is 4.79 Å². The van der Waals surface area contributed by atoms with Crippen molar-refractivity contribution in [2.75, 3.05) is 0 Å². The number of hydrogen-bond donors (Lipinski definition) is 2. The summed E-state index contributed by atoms with van der Waals surface area (Å²) in [6, 6.07) is 6.41. The van der Waals surface area contributed by atoms with Gasteiger partial charge in [-0.3, -0.25) is 10.2 Å². The first-order valence-corrected chi connectivity index (χ1v) is 5.63. The Bertz CT molecular complexity index is 428. The Hall–Kier alpha value is -1.68. The van der Waals surface area contributed by atoms with E-state index in [9.17, 15) is 9.18 Å². The van der Waals surface area contributed by atoms with E-state index >= 15 is 0 Å². The fourth-order valence-electron chi connectivity index (χ4n) is 1.80. The Morgan fingerprint density at radius 1 is 1.35 bits per heavy atom. The number of benzene rings is 1. The first-order chi connectivity index (χ1) is 8.15. The number of amides is 1. The molecule has 0 spiro atoms. The molecule has 1 saturated heterocycles. The number of hydrazine groups is 1. The van der Waals surface area contributed by atoms with Crippen molar-refractivity contribution in [3.8, 4) is 0 Å². The van der Waals surface area contributed by atoms with E-state index in [4.69, 9.17) is 0 Å². The fraction of sp³-hybridized carbons (Fsp3) is 0.308. The molecule has 1 aromatic carbocycles. The van der Waals surface area contributed by atoms with Crippen molar-refractivity contribution in [3.05, 3.63) is 41.7 Å². The van der Waals surface area contributed by atoms with E-state index in [1.165, 1.54) is 12.1 Å². The first-order valence-electron chi connectivity index (χ1n) is 5.63. The number of carbonyl (C=O) groups is 1. The predicted molar refractivity (Wildman–Crippen MR) is 64.3 cm³/mol. The van der Waals surface area contributed by atoms with Gasteiger partial charge in [0.2, 0.25) is 5.91 Å². The van der Waals surface area contributed by atoms with Crippen LogP contribution >= 0.6 is 0 Å². The maximum atomic E-state index is 12.7. The highest BCUT2D eigenvalue weighted by Gasteiger charge is 2.22. The second-order valence-electron chi connectivity index (χ2n) is 4.31. The largest absolute Gasteiger partial charge is 0.291 e. The molecule has 1 aliphatic heterocycles. The predicted octanol–water partition coefficient (Wildman–Crippen LogP) is 1.87. The van der Waals surface area contributed by atoms with Gasteiger partial charge >= 0.3 is 0 Å². The smallest absolute Gasteiger partial charge is 0.234 e. The summed E-state index contributed by atoms with van der Waals surface area (Å²) in [5.74, 6) is 0.0305. The van der Waals surface area contributed by atoms with Crippen molar-refractivity contribution in [1.82, 2.24) is 10.9 Å². The molecule has 0 saturated carbocycles. The normalized spacial score (nSPS) is 24.9. The van der Waals surface area contributed by atoms with Gasteiger partial charge in [-0.1, -0.05) is 31.2 Å². The van der Waals surface area contributed by atoms with Gasteiger partial charge in [0.15, 0.2) is 0 Å². The Kier molecular flexibility index (Phi) is 3.54. The molecule has 2 unspecified atom stereocenters. The van der Waals surface area contributed by atoms with Gasteiger partial charge in [-0.2, -0.15) is 0 Å². The standard InChI is InChI=1S/C13H15FN2O/c1-9-8-13(17)16-15-12(9)7-4-10-2-5-11(14)6-3-10/h2-7,9,12,15H,8H2,1H3,(H,16,17)/b7-4+. The molecular formula is C13H15FN2O.